The number of aromatic nitrogens is 2. The number of allylic oxidation sites excluding steroid dienone is 1. The Balaban J connectivity index is 1.25. The van der Waals surface area contributed by atoms with E-state index in [1.54, 1.807) is 16.2 Å². The van der Waals surface area contributed by atoms with Gasteiger partial charge < -0.3 is 29.2 Å². The number of aliphatic hydroxyl groups is 1. The topological polar surface area (TPSA) is 106 Å². The van der Waals surface area contributed by atoms with Crippen LogP contribution in [0.4, 0.5) is 0 Å². The highest BCUT2D eigenvalue weighted by molar-refractivity contribution is 7.08. The molecule has 1 aromatic carbocycles. The van der Waals surface area contributed by atoms with Gasteiger partial charge in [-0.2, -0.15) is 11.3 Å². The second-order valence-electron chi connectivity index (χ2n) is 9.02. The first kappa shape index (κ1) is 24.8. The van der Waals surface area contributed by atoms with Gasteiger partial charge in [0.15, 0.2) is 5.76 Å². The number of rotatable bonds is 9. The van der Waals surface area contributed by atoms with E-state index in [2.05, 4.69) is 16.4 Å². The quantitative estimate of drug-likeness (QED) is 0.426. The van der Waals surface area contributed by atoms with Gasteiger partial charge in [0, 0.05) is 31.5 Å². The fraction of sp³-hybridized carbons (Fsp3) is 0.462. The second kappa shape index (κ2) is 11.4. The highest BCUT2D eigenvalue weighted by Gasteiger charge is 2.33. The molecule has 0 aliphatic carbocycles. The number of amides is 1. The molecule has 1 amide bonds. The molecule has 0 unspecified atom stereocenters. The summed E-state index contributed by atoms with van der Waals surface area (Å²) in [6, 6.07) is 9.78. The first-order chi connectivity index (χ1) is 17.6. The molecule has 36 heavy (non-hydrogen) atoms. The lowest BCUT2D eigenvalue weighted by Gasteiger charge is -2.35. The van der Waals surface area contributed by atoms with E-state index in [9.17, 15) is 9.59 Å². The van der Waals surface area contributed by atoms with Crippen molar-refractivity contribution in [1.29, 1.82) is 0 Å². The minimum Gasteiger partial charge on any atom is -0.459 e. The molecule has 2 aliphatic heterocycles. The zero-order chi connectivity index (χ0) is 24.9. The van der Waals surface area contributed by atoms with Crippen LogP contribution in [-0.4, -0.2) is 71.3 Å². The Morgan fingerprint density at radius 2 is 2.00 bits per heavy atom. The van der Waals surface area contributed by atoms with Crippen molar-refractivity contribution in [3.63, 3.8) is 0 Å². The number of aromatic amines is 1. The first-order valence-corrected chi connectivity index (χ1v) is 13.3. The summed E-state index contributed by atoms with van der Waals surface area (Å²) < 4.78 is 19.0. The number of aliphatic hydroxyl groups excluding tert-OH is 1. The summed E-state index contributed by atoms with van der Waals surface area (Å²) in [6.45, 7) is 1.97. The maximum Gasteiger partial charge on any atom is 0.326 e. The SMILES string of the molecule is O=C(C1=C[C@H](c2ccsc2)C[C@H](OCCOCCO)O1)N1CCC(n2c(=O)[nH]c3ccccc32)CC1. The molecule has 5 rings (SSSR count). The number of imidazole rings is 1. The fourth-order valence-corrected chi connectivity index (χ4v) is 5.68. The van der Waals surface area contributed by atoms with E-state index in [-0.39, 0.29) is 36.8 Å². The van der Waals surface area contributed by atoms with Crippen molar-refractivity contribution in [2.45, 2.75) is 37.5 Å². The van der Waals surface area contributed by atoms with Gasteiger partial charge in [-0.1, -0.05) is 12.1 Å². The predicted octanol–water partition coefficient (Wildman–Crippen LogP) is 2.99. The van der Waals surface area contributed by atoms with E-state index in [0.717, 1.165) is 16.6 Å². The van der Waals surface area contributed by atoms with Gasteiger partial charge in [0.05, 0.1) is 37.5 Å². The molecule has 0 spiro atoms. The number of carbonyl (C=O) groups is 1. The summed E-state index contributed by atoms with van der Waals surface area (Å²) in [6.07, 6.45) is 3.34. The Morgan fingerprint density at radius 3 is 2.78 bits per heavy atom. The van der Waals surface area contributed by atoms with Crippen LogP contribution < -0.4 is 5.69 Å². The normalized spacial score (nSPS) is 20.9. The van der Waals surface area contributed by atoms with E-state index in [0.29, 0.717) is 51.3 Å². The molecular weight excluding hydrogens is 482 g/mol. The van der Waals surface area contributed by atoms with Gasteiger partial charge in [0.1, 0.15) is 0 Å². The zero-order valence-corrected chi connectivity index (χ0v) is 20.8. The van der Waals surface area contributed by atoms with Gasteiger partial charge in [-0.05, 0) is 53.4 Å². The molecular formula is C26H31N3O6S. The van der Waals surface area contributed by atoms with Crippen molar-refractivity contribution in [2.75, 3.05) is 39.5 Å². The van der Waals surface area contributed by atoms with E-state index >= 15 is 0 Å². The van der Waals surface area contributed by atoms with Gasteiger partial charge in [-0.15, -0.1) is 0 Å². The molecule has 0 radical (unpaired) electrons. The lowest BCUT2D eigenvalue weighted by Crippen LogP contribution is -2.42. The van der Waals surface area contributed by atoms with Crippen LogP contribution in [0.15, 0.2) is 57.7 Å². The van der Waals surface area contributed by atoms with Crippen molar-refractivity contribution < 1.29 is 24.1 Å². The number of fused-ring (bicyclic) bond motifs is 1. The number of para-hydroxylation sites is 2. The van der Waals surface area contributed by atoms with Gasteiger partial charge in [0.25, 0.3) is 5.91 Å². The van der Waals surface area contributed by atoms with Gasteiger partial charge in [-0.3, -0.25) is 9.36 Å². The minimum atomic E-state index is -0.557. The number of hydrogen-bond donors (Lipinski definition) is 2. The zero-order valence-electron chi connectivity index (χ0n) is 20.0. The number of ether oxygens (including phenoxy) is 3. The Labute approximate surface area is 212 Å². The van der Waals surface area contributed by atoms with Crippen molar-refractivity contribution in [3.05, 3.63) is 69.0 Å². The van der Waals surface area contributed by atoms with E-state index in [4.69, 9.17) is 19.3 Å². The molecule has 10 heteroatoms. The smallest absolute Gasteiger partial charge is 0.326 e. The fourth-order valence-electron chi connectivity index (χ4n) is 4.95. The van der Waals surface area contributed by atoms with Crippen molar-refractivity contribution in [3.8, 4) is 0 Å². The molecule has 0 saturated carbocycles. The van der Waals surface area contributed by atoms with Crippen LogP contribution in [0.2, 0.25) is 0 Å². The highest BCUT2D eigenvalue weighted by Crippen LogP contribution is 2.34. The van der Waals surface area contributed by atoms with Crippen LogP contribution in [0.3, 0.4) is 0 Å². The molecule has 2 aliphatic rings. The Bertz CT molecular complexity index is 1240. The van der Waals surface area contributed by atoms with Gasteiger partial charge in [0.2, 0.25) is 6.29 Å². The van der Waals surface area contributed by atoms with Gasteiger partial charge in [-0.25, -0.2) is 4.79 Å². The first-order valence-electron chi connectivity index (χ1n) is 12.3. The lowest BCUT2D eigenvalue weighted by molar-refractivity contribution is -0.157. The van der Waals surface area contributed by atoms with Crippen LogP contribution in [0, 0.1) is 0 Å². The Morgan fingerprint density at radius 1 is 1.17 bits per heavy atom. The molecule has 192 valence electrons. The molecule has 2 aromatic heterocycles. The monoisotopic (exact) mass is 513 g/mol. The highest BCUT2D eigenvalue weighted by atomic mass is 32.1. The third-order valence-electron chi connectivity index (χ3n) is 6.75. The van der Waals surface area contributed by atoms with Crippen LogP contribution in [0.25, 0.3) is 11.0 Å². The summed E-state index contributed by atoms with van der Waals surface area (Å²) in [5.74, 6) is 0.181. The van der Waals surface area contributed by atoms with Crippen molar-refractivity contribution in [1.82, 2.24) is 14.5 Å². The third-order valence-corrected chi connectivity index (χ3v) is 7.45. The van der Waals surface area contributed by atoms with Crippen LogP contribution in [0.5, 0.6) is 0 Å². The lowest BCUT2D eigenvalue weighted by atomic mass is 9.95. The summed E-state index contributed by atoms with van der Waals surface area (Å²) >= 11 is 1.62. The maximum absolute atomic E-state index is 13.5. The second-order valence-corrected chi connectivity index (χ2v) is 9.80. The number of benzene rings is 1. The van der Waals surface area contributed by atoms with Crippen molar-refractivity contribution in [2.24, 2.45) is 0 Å². The molecule has 3 aromatic rings. The van der Waals surface area contributed by atoms with Crippen LogP contribution >= 0.6 is 11.3 Å². The average Bonchev–Trinajstić information content (AvgIpc) is 3.56. The molecule has 4 heterocycles. The van der Waals surface area contributed by atoms with Crippen molar-refractivity contribution >= 4 is 28.3 Å². The molecule has 1 fully saturated rings. The number of H-pyrrole nitrogens is 1. The Kier molecular flexibility index (Phi) is 7.86. The van der Waals surface area contributed by atoms with E-state index in [1.165, 1.54) is 0 Å². The third kappa shape index (κ3) is 5.41. The molecule has 2 atom stereocenters. The number of nitrogens with one attached hydrogen (secondary N) is 1. The number of hydrogen-bond acceptors (Lipinski definition) is 7. The average molecular weight is 514 g/mol. The molecule has 1 saturated heterocycles. The van der Waals surface area contributed by atoms with Crippen LogP contribution in [0.1, 0.15) is 36.8 Å². The molecule has 2 N–H and O–H groups in total. The van der Waals surface area contributed by atoms with E-state index < -0.39 is 6.29 Å². The Hall–Kier alpha value is -2.92. The number of nitrogens with zero attached hydrogens (tertiary/aromatic N) is 2. The standard InChI is InChI=1S/C26H31N3O6S/c30-10-11-33-12-13-34-24-16-19(18-7-14-36-17-18)15-23(35-24)25(31)28-8-5-20(6-9-28)29-22-4-2-1-3-21(22)27-26(29)32/h1-4,7,14-15,17,19-20,24,30H,5-6,8-13,16H2,(H,27,32)/t19-,24+/m0/s1. The largest absolute Gasteiger partial charge is 0.459 e. The van der Waals surface area contributed by atoms with Gasteiger partial charge >= 0.3 is 5.69 Å². The molecule has 9 nitrogen and oxygen atoms in total. The van der Waals surface area contributed by atoms with E-state index in [1.807, 2.05) is 40.3 Å². The number of piperidine rings is 1. The summed E-state index contributed by atoms with van der Waals surface area (Å²) in [5.41, 5.74) is 2.75. The maximum atomic E-state index is 13.5. The summed E-state index contributed by atoms with van der Waals surface area (Å²) in [4.78, 5) is 30.8. The number of likely N-dealkylation sites (tertiary alicyclic amines) is 1. The molecule has 0 bridgehead atoms. The van der Waals surface area contributed by atoms with Crippen LogP contribution in [-0.2, 0) is 19.0 Å². The number of thiophene rings is 1. The summed E-state index contributed by atoms with van der Waals surface area (Å²) in [7, 11) is 0. The summed E-state index contributed by atoms with van der Waals surface area (Å²) in [5, 5.41) is 13.0. The number of carbonyl (C=O) groups excluding carboxylic acids is 1. The minimum absolute atomic E-state index is 0.0228. The predicted molar refractivity (Wildman–Crippen MR) is 136 cm³/mol.